The van der Waals surface area contributed by atoms with E-state index in [2.05, 4.69) is 54.5 Å². The van der Waals surface area contributed by atoms with Crippen LogP contribution in [0.4, 0.5) is 0 Å². The molecule has 0 heterocycles. The Kier molecular flexibility index (Phi) is 5.87. The molecular weight excluding hydrogens is 364 g/mol. The average molecular weight is 413 g/mol. The van der Waals surface area contributed by atoms with Crippen molar-refractivity contribution in [3.05, 3.63) is 22.8 Å². The van der Waals surface area contributed by atoms with Crippen LogP contribution >= 0.6 is 0 Å². The maximum absolute atomic E-state index is 10.8. The molecule has 170 valence electrons. The monoisotopic (exact) mass is 412 g/mol. The zero-order chi connectivity index (χ0) is 21.9. The molecule has 1 nitrogen and oxygen atoms in total. The molecule has 0 spiro atoms. The standard InChI is InChI=1S/C29H48O/c1-19(2)9-8-10-20(3)22-12-13-23-21-11-14-25-27(4,5)26(30)16-18-29(25,7)24(21)15-17-28(22,23)6/h9,20,22,24-26,30H,8,10-18H2,1-7H3/t20-,22+,24-,25+,26-,28+,29+/m0/s1. The molecule has 4 aliphatic carbocycles. The molecule has 0 bridgehead atoms. The van der Waals surface area contributed by atoms with E-state index in [1.54, 1.807) is 0 Å². The highest BCUT2D eigenvalue weighted by atomic mass is 16.3. The van der Waals surface area contributed by atoms with Crippen molar-refractivity contribution in [1.82, 2.24) is 0 Å². The van der Waals surface area contributed by atoms with Crippen molar-refractivity contribution in [2.24, 2.45) is 39.9 Å². The Morgan fingerprint density at radius 3 is 2.47 bits per heavy atom. The molecule has 4 rings (SSSR count). The van der Waals surface area contributed by atoms with Crippen LogP contribution < -0.4 is 0 Å². The molecule has 0 aromatic heterocycles. The Labute approximate surface area is 186 Å². The molecule has 4 aliphatic rings. The van der Waals surface area contributed by atoms with Gasteiger partial charge in [-0.2, -0.15) is 0 Å². The minimum Gasteiger partial charge on any atom is -0.393 e. The van der Waals surface area contributed by atoms with E-state index in [1.807, 2.05) is 11.1 Å². The van der Waals surface area contributed by atoms with E-state index < -0.39 is 0 Å². The molecule has 1 heteroatoms. The minimum atomic E-state index is -0.115. The van der Waals surface area contributed by atoms with Gasteiger partial charge in [0.15, 0.2) is 0 Å². The Hall–Kier alpha value is -0.560. The largest absolute Gasteiger partial charge is 0.393 e. The number of rotatable bonds is 4. The normalized spacial score (nSPS) is 43.5. The highest BCUT2D eigenvalue weighted by Gasteiger charge is 2.59. The zero-order valence-corrected chi connectivity index (χ0v) is 21.0. The predicted molar refractivity (Wildman–Crippen MR) is 128 cm³/mol. The van der Waals surface area contributed by atoms with Gasteiger partial charge in [0.05, 0.1) is 6.10 Å². The van der Waals surface area contributed by atoms with Crippen molar-refractivity contribution in [2.75, 3.05) is 0 Å². The van der Waals surface area contributed by atoms with Crippen LogP contribution in [0.25, 0.3) is 0 Å². The highest BCUT2D eigenvalue weighted by Crippen LogP contribution is 2.68. The molecule has 30 heavy (non-hydrogen) atoms. The molecule has 0 amide bonds. The molecular formula is C29H48O. The van der Waals surface area contributed by atoms with E-state index in [1.165, 1.54) is 63.4 Å². The van der Waals surface area contributed by atoms with Gasteiger partial charge in [0.2, 0.25) is 0 Å². The van der Waals surface area contributed by atoms with E-state index in [9.17, 15) is 5.11 Å². The van der Waals surface area contributed by atoms with E-state index in [0.717, 1.165) is 24.2 Å². The molecule has 0 saturated heterocycles. The lowest BCUT2D eigenvalue weighted by Crippen LogP contribution is -2.55. The zero-order valence-electron chi connectivity index (χ0n) is 21.0. The van der Waals surface area contributed by atoms with Crippen LogP contribution in [-0.4, -0.2) is 11.2 Å². The summed E-state index contributed by atoms with van der Waals surface area (Å²) in [4.78, 5) is 0. The van der Waals surface area contributed by atoms with Gasteiger partial charge in [-0.25, -0.2) is 0 Å². The minimum absolute atomic E-state index is 0.0710. The van der Waals surface area contributed by atoms with Gasteiger partial charge in [-0.15, -0.1) is 0 Å². The predicted octanol–water partition coefficient (Wildman–Crippen LogP) is 8.09. The second-order valence-electron chi connectivity index (χ2n) is 13.0. The third kappa shape index (κ3) is 3.37. The van der Waals surface area contributed by atoms with Crippen molar-refractivity contribution < 1.29 is 5.11 Å². The van der Waals surface area contributed by atoms with E-state index >= 15 is 0 Å². The Morgan fingerprint density at radius 1 is 1.03 bits per heavy atom. The van der Waals surface area contributed by atoms with E-state index in [4.69, 9.17) is 0 Å². The van der Waals surface area contributed by atoms with Gasteiger partial charge in [0.1, 0.15) is 0 Å². The van der Waals surface area contributed by atoms with Crippen LogP contribution in [-0.2, 0) is 0 Å². The first kappa shape index (κ1) is 22.6. The quantitative estimate of drug-likeness (QED) is 0.462. The Balaban J connectivity index is 1.60. The van der Waals surface area contributed by atoms with Gasteiger partial charge in [-0.1, -0.05) is 57.4 Å². The average Bonchev–Trinajstić information content (AvgIpc) is 3.02. The van der Waals surface area contributed by atoms with Gasteiger partial charge >= 0.3 is 0 Å². The van der Waals surface area contributed by atoms with Gasteiger partial charge < -0.3 is 5.11 Å². The third-order valence-electron chi connectivity index (χ3n) is 10.8. The summed E-state index contributed by atoms with van der Waals surface area (Å²) < 4.78 is 0. The fourth-order valence-corrected chi connectivity index (χ4v) is 9.12. The summed E-state index contributed by atoms with van der Waals surface area (Å²) in [6.07, 6.45) is 15.3. The number of aliphatic hydroxyl groups is 1. The van der Waals surface area contributed by atoms with Crippen LogP contribution in [0.3, 0.4) is 0 Å². The van der Waals surface area contributed by atoms with Gasteiger partial charge in [0.25, 0.3) is 0 Å². The molecule has 3 saturated carbocycles. The summed E-state index contributed by atoms with van der Waals surface area (Å²) in [7, 11) is 0. The molecule has 1 N–H and O–H groups in total. The topological polar surface area (TPSA) is 20.2 Å². The summed E-state index contributed by atoms with van der Waals surface area (Å²) in [5, 5.41) is 10.8. The number of hydrogen-bond acceptors (Lipinski definition) is 1. The van der Waals surface area contributed by atoms with Gasteiger partial charge in [0, 0.05) is 0 Å². The fourth-order valence-electron chi connectivity index (χ4n) is 9.12. The maximum Gasteiger partial charge on any atom is 0.0594 e. The first-order valence-electron chi connectivity index (χ1n) is 13.1. The molecule has 7 atom stereocenters. The molecule has 0 aromatic carbocycles. The lowest BCUT2D eigenvalue weighted by atomic mass is 9.44. The van der Waals surface area contributed by atoms with Crippen molar-refractivity contribution in [3.8, 4) is 0 Å². The summed E-state index contributed by atoms with van der Waals surface area (Å²) in [5.41, 5.74) is 6.20. The summed E-state index contributed by atoms with van der Waals surface area (Å²) >= 11 is 0. The lowest BCUT2D eigenvalue weighted by Gasteiger charge is -2.61. The molecule has 3 fully saturated rings. The second-order valence-corrected chi connectivity index (χ2v) is 13.0. The summed E-state index contributed by atoms with van der Waals surface area (Å²) in [6.45, 7) is 16.9. The van der Waals surface area contributed by atoms with Gasteiger partial charge in [-0.05, 0) is 118 Å². The number of aliphatic hydroxyl groups excluding tert-OH is 1. The number of hydrogen-bond donors (Lipinski definition) is 1. The van der Waals surface area contributed by atoms with Crippen molar-refractivity contribution in [1.29, 1.82) is 0 Å². The van der Waals surface area contributed by atoms with Crippen LogP contribution in [0.1, 0.15) is 113 Å². The summed E-state index contributed by atoms with van der Waals surface area (Å²) in [5.74, 6) is 3.16. The molecule has 0 aromatic rings. The van der Waals surface area contributed by atoms with E-state index in [-0.39, 0.29) is 11.5 Å². The van der Waals surface area contributed by atoms with Crippen molar-refractivity contribution in [2.45, 2.75) is 119 Å². The van der Waals surface area contributed by atoms with Crippen molar-refractivity contribution in [3.63, 3.8) is 0 Å². The van der Waals surface area contributed by atoms with Crippen LogP contribution in [0.5, 0.6) is 0 Å². The van der Waals surface area contributed by atoms with Gasteiger partial charge in [-0.3, -0.25) is 0 Å². The number of fused-ring (bicyclic) bond motifs is 4. The molecule has 0 radical (unpaired) electrons. The SMILES string of the molecule is CC(C)=CCC[C@H](C)[C@H]1CCC2=C3CC[C@@H]4C(C)(C)[C@@H](O)CC[C@]4(C)[C@H]3CC[C@@]21C. The fraction of sp³-hybridized carbons (Fsp3) is 0.862. The molecule has 0 unspecified atom stereocenters. The molecule has 0 aliphatic heterocycles. The number of allylic oxidation sites excluding steroid dienone is 4. The first-order chi connectivity index (χ1) is 14.0. The van der Waals surface area contributed by atoms with Crippen LogP contribution in [0.15, 0.2) is 22.8 Å². The Morgan fingerprint density at radius 2 is 1.77 bits per heavy atom. The van der Waals surface area contributed by atoms with Crippen LogP contribution in [0, 0.1) is 39.9 Å². The Bertz CT molecular complexity index is 723. The van der Waals surface area contributed by atoms with E-state index in [0.29, 0.717) is 16.7 Å². The maximum atomic E-state index is 10.8. The second kappa shape index (κ2) is 7.79. The third-order valence-corrected chi connectivity index (χ3v) is 10.8. The smallest absolute Gasteiger partial charge is 0.0594 e. The first-order valence-corrected chi connectivity index (χ1v) is 13.1. The van der Waals surface area contributed by atoms with Crippen LogP contribution in [0.2, 0.25) is 0 Å². The van der Waals surface area contributed by atoms with Crippen molar-refractivity contribution >= 4 is 0 Å². The highest BCUT2D eigenvalue weighted by molar-refractivity contribution is 5.35. The lowest BCUT2D eigenvalue weighted by molar-refractivity contribution is -0.128. The summed E-state index contributed by atoms with van der Waals surface area (Å²) in [6, 6.07) is 0.